The Kier molecular flexibility index (Phi) is 3.71. The third-order valence-electron chi connectivity index (χ3n) is 2.47. The summed E-state index contributed by atoms with van der Waals surface area (Å²) < 4.78 is 31.8. The second-order valence-electron chi connectivity index (χ2n) is 3.85. The van der Waals surface area contributed by atoms with E-state index in [0.29, 0.717) is 5.56 Å². The summed E-state index contributed by atoms with van der Waals surface area (Å²) in [6.07, 6.45) is 1.48. The zero-order chi connectivity index (χ0) is 14.0. The van der Waals surface area contributed by atoms with E-state index >= 15 is 0 Å². The normalized spacial score (nSPS) is 10.3. The first-order chi connectivity index (χ1) is 8.99. The number of thiocarbonyl (C=S) groups is 1. The van der Waals surface area contributed by atoms with Crippen molar-refractivity contribution in [2.45, 2.75) is 6.92 Å². The van der Waals surface area contributed by atoms with Gasteiger partial charge in [0.1, 0.15) is 10.8 Å². The van der Waals surface area contributed by atoms with Crippen LogP contribution in [0.1, 0.15) is 11.1 Å². The Morgan fingerprint density at radius 2 is 2.05 bits per heavy atom. The van der Waals surface area contributed by atoms with Crippen LogP contribution in [0.5, 0.6) is 11.6 Å². The summed E-state index contributed by atoms with van der Waals surface area (Å²) in [7, 11) is 0. The summed E-state index contributed by atoms with van der Waals surface area (Å²) in [5.41, 5.74) is 6.73. The van der Waals surface area contributed by atoms with Crippen LogP contribution < -0.4 is 10.5 Å². The lowest BCUT2D eigenvalue weighted by Gasteiger charge is -2.11. The number of nitrogens with two attached hydrogens (primary N) is 1. The van der Waals surface area contributed by atoms with Gasteiger partial charge in [-0.1, -0.05) is 12.2 Å². The number of hydrogen-bond donors (Lipinski definition) is 1. The molecule has 0 aliphatic heterocycles. The van der Waals surface area contributed by atoms with Crippen LogP contribution in [0, 0.1) is 18.6 Å². The van der Waals surface area contributed by atoms with Gasteiger partial charge in [-0.3, -0.25) is 0 Å². The number of ether oxygens (including phenoxy) is 1. The maximum atomic E-state index is 13.5. The van der Waals surface area contributed by atoms with E-state index in [0.717, 1.165) is 23.8 Å². The molecule has 0 saturated carbocycles. The highest BCUT2D eigenvalue weighted by atomic mass is 32.1. The largest absolute Gasteiger partial charge is 0.435 e. The molecule has 98 valence electrons. The predicted octanol–water partition coefficient (Wildman–Crippen LogP) is 3.09. The number of aryl methyl sites for hydroxylation is 1. The molecule has 2 aromatic rings. The molecule has 2 rings (SSSR count). The molecule has 0 aliphatic carbocycles. The fourth-order valence-corrected chi connectivity index (χ4v) is 1.82. The molecule has 1 aromatic heterocycles. The van der Waals surface area contributed by atoms with Crippen molar-refractivity contribution in [1.82, 2.24) is 4.98 Å². The van der Waals surface area contributed by atoms with E-state index in [-0.39, 0.29) is 16.6 Å². The molecule has 0 unspecified atom stereocenters. The molecule has 0 atom stereocenters. The number of pyridine rings is 1. The maximum Gasteiger partial charge on any atom is 0.229 e. The molecular formula is C13H10F2N2OS. The van der Waals surface area contributed by atoms with Crippen molar-refractivity contribution in [3.63, 3.8) is 0 Å². The number of aromatic nitrogens is 1. The number of halogens is 2. The Labute approximate surface area is 114 Å². The molecule has 0 saturated heterocycles. The van der Waals surface area contributed by atoms with Crippen LogP contribution in [0.15, 0.2) is 30.5 Å². The average Bonchev–Trinajstić information content (AvgIpc) is 2.33. The van der Waals surface area contributed by atoms with Gasteiger partial charge in [0.15, 0.2) is 11.6 Å². The Morgan fingerprint density at radius 3 is 2.74 bits per heavy atom. The summed E-state index contributed by atoms with van der Waals surface area (Å²) in [6.45, 7) is 1.77. The molecule has 19 heavy (non-hydrogen) atoms. The molecule has 0 aliphatic rings. The predicted molar refractivity (Wildman–Crippen MR) is 71.3 cm³/mol. The smallest absolute Gasteiger partial charge is 0.229 e. The lowest BCUT2D eigenvalue weighted by molar-refractivity contribution is 0.421. The number of hydrogen-bond acceptors (Lipinski definition) is 3. The minimum atomic E-state index is -0.696. The molecule has 0 radical (unpaired) electrons. The van der Waals surface area contributed by atoms with E-state index in [4.69, 9.17) is 22.7 Å². The van der Waals surface area contributed by atoms with Gasteiger partial charge in [0.05, 0.1) is 5.56 Å². The highest BCUT2D eigenvalue weighted by Crippen LogP contribution is 2.27. The minimum Gasteiger partial charge on any atom is -0.435 e. The summed E-state index contributed by atoms with van der Waals surface area (Å²) in [5, 5.41) is 0. The van der Waals surface area contributed by atoms with Crippen LogP contribution in [0.4, 0.5) is 8.78 Å². The van der Waals surface area contributed by atoms with Gasteiger partial charge in [-0.2, -0.15) is 0 Å². The van der Waals surface area contributed by atoms with Gasteiger partial charge >= 0.3 is 0 Å². The van der Waals surface area contributed by atoms with Crippen molar-refractivity contribution in [2.24, 2.45) is 5.73 Å². The van der Waals surface area contributed by atoms with Gasteiger partial charge in [0.2, 0.25) is 5.88 Å². The van der Waals surface area contributed by atoms with Crippen molar-refractivity contribution in [3.05, 3.63) is 53.2 Å². The number of benzene rings is 1. The monoisotopic (exact) mass is 280 g/mol. The van der Waals surface area contributed by atoms with Crippen molar-refractivity contribution >= 4 is 17.2 Å². The van der Waals surface area contributed by atoms with Crippen molar-refractivity contribution < 1.29 is 13.5 Å². The Hall–Kier alpha value is -2.08. The van der Waals surface area contributed by atoms with E-state index in [2.05, 4.69) is 4.98 Å². The average molecular weight is 280 g/mol. The van der Waals surface area contributed by atoms with E-state index in [1.807, 2.05) is 0 Å². The highest BCUT2D eigenvalue weighted by molar-refractivity contribution is 7.80. The van der Waals surface area contributed by atoms with Crippen LogP contribution in [0.2, 0.25) is 0 Å². The minimum absolute atomic E-state index is 0.0528. The Morgan fingerprint density at radius 1 is 1.32 bits per heavy atom. The zero-order valence-electron chi connectivity index (χ0n) is 9.98. The Balaban J connectivity index is 2.46. The van der Waals surface area contributed by atoms with Crippen LogP contribution in [0.3, 0.4) is 0 Å². The molecule has 0 amide bonds. The zero-order valence-corrected chi connectivity index (χ0v) is 10.8. The maximum absolute atomic E-state index is 13.5. The summed E-state index contributed by atoms with van der Waals surface area (Å²) >= 11 is 4.90. The van der Waals surface area contributed by atoms with Gasteiger partial charge < -0.3 is 10.5 Å². The van der Waals surface area contributed by atoms with Gasteiger partial charge in [0.25, 0.3) is 0 Å². The first kappa shape index (κ1) is 13.4. The standard InChI is InChI=1S/C13H10F2N2OS/c1-7-4-5-17-13(11(7)12(16)19)18-10-6-8(14)2-3-9(10)15/h2-6H,1H3,(H2,16,19). The van der Waals surface area contributed by atoms with E-state index in [1.54, 1.807) is 13.0 Å². The van der Waals surface area contributed by atoms with Gasteiger partial charge in [-0.15, -0.1) is 0 Å². The van der Waals surface area contributed by atoms with E-state index < -0.39 is 11.6 Å². The second kappa shape index (κ2) is 5.27. The van der Waals surface area contributed by atoms with Crippen LogP contribution in [0.25, 0.3) is 0 Å². The number of rotatable bonds is 3. The quantitative estimate of drug-likeness (QED) is 0.878. The van der Waals surface area contributed by atoms with Crippen LogP contribution >= 0.6 is 12.2 Å². The lowest BCUT2D eigenvalue weighted by Crippen LogP contribution is -2.13. The molecule has 1 aromatic carbocycles. The third kappa shape index (κ3) is 2.85. The Bertz CT molecular complexity index is 647. The van der Waals surface area contributed by atoms with Crippen LogP contribution in [-0.2, 0) is 0 Å². The first-order valence-corrected chi connectivity index (χ1v) is 5.78. The number of nitrogens with zero attached hydrogens (tertiary/aromatic N) is 1. The molecular weight excluding hydrogens is 270 g/mol. The summed E-state index contributed by atoms with van der Waals surface area (Å²) in [4.78, 5) is 4.03. The fraction of sp³-hybridized carbons (Fsp3) is 0.0769. The highest BCUT2D eigenvalue weighted by Gasteiger charge is 2.14. The SMILES string of the molecule is Cc1ccnc(Oc2cc(F)ccc2F)c1C(N)=S. The van der Waals surface area contributed by atoms with Gasteiger partial charge in [-0.25, -0.2) is 13.8 Å². The van der Waals surface area contributed by atoms with E-state index in [9.17, 15) is 8.78 Å². The summed E-state index contributed by atoms with van der Waals surface area (Å²) in [6, 6.07) is 4.60. The topological polar surface area (TPSA) is 48.1 Å². The summed E-state index contributed by atoms with van der Waals surface area (Å²) in [5.74, 6) is -1.52. The molecule has 3 nitrogen and oxygen atoms in total. The van der Waals surface area contributed by atoms with Gasteiger partial charge in [0, 0.05) is 12.3 Å². The molecule has 2 N–H and O–H groups in total. The van der Waals surface area contributed by atoms with Crippen molar-refractivity contribution in [3.8, 4) is 11.6 Å². The molecule has 1 heterocycles. The second-order valence-corrected chi connectivity index (χ2v) is 4.29. The third-order valence-corrected chi connectivity index (χ3v) is 2.67. The molecule has 0 bridgehead atoms. The fourth-order valence-electron chi connectivity index (χ4n) is 1.57. The van der Waals surface area contributed by atoms with Crippen LogP contribution in [-0.4, -0.2) is 9.97 Å². The first-order valence-electron chi connectivity index (χ1n) is 5.37. The molecule has 0 spiro atoms. The molecule has 0 fully saturated rings. The van der Waals surface area contributed by atoms with Crippen molar-refractivity contribution in [2.75, 3.05) is 0 Å². The lowest BCUT2D eigenvalue weighted by atomic mass is 10.1. The molecule has 6 heteroatoms. The van der Waals surface area contributed by atoms with Gasteiger partial charge in [-0.05, 0) is 30.7 Å². The van der Waals surface area contributed by atoms with Crippen molar-refractivity contribution in [1.29, 1.82) is 0 Å². The van der Waals surface area contributed by atoms with E-state index in [1.165, 1.54) is 6.20 Å².